The van der Waals surface area contributed by atoms with E-state index in [9.17, 15) is 8.42 Å². The highest BCUT2D eigenvalue weighted by Crippen LogP contribution is 2.28. The first-order chi connectivity index (χ1) is 9.00. The summed E-state index contributed by atoms with van der Waals surface area (Å²) in [5.74, 6) is 0.677. The van der Waals surface area contributed by atoms with Gasteiger partial charge in [0.15, 0.2) is 0 Å². The Bertz CT molecular complexity index is 681. The highest BCUT2D eigenvalue weighted by molar-refractivity contribution is 7.98. The SMILES string of the molecule is Cl.NSc1ccc(Oc2ccccn2)cc1S(N)(=O)=O. The van der Waals surface area contributed by atoms with Gasteiger partial charge in [0, 0.05) is 23.2 Å². The number of sulfonamides is 1. The molecule has 0 aliphatic carbocycles. The van der Waals surface area contributed by atoms with Gasteiger partial charge in [0.25, 0.3) is 0 Å². The molecular weight excluding hydrogens is 322 g/mol. The van der Waals surface area contributed by atoms with Gasteiger partial charge in [-0.3, -0.25) is 5.14 Å². The fourth-order valence-electron chi connectivity index (χ4n) is 1.40. The second-order valence-corrected chi connectivity index (χ2v) is 5.75. The molecule has 0 aliphatic rings. The highest BCUT2D eigenvalue weighted by Gasteiger charge is 2.15. The molecule has 0 spiro atoms. The minimum absolute atomic E-state index is 0. The first-order valence-corrected chi connectivity index (χ1v) is 7.56. The number of pyridine rings is 1. The average Bonchev–Trinajstić information content (AvgIpc) is 2.39. The van der Waals surface area contributed by atoms with Gasteiger partial charge in [0.1, 0.15) is 10.6 Å². The number of hydrogen-bond acceptors (Lipinski definition) is 6. The first kappa shape index (κ1) is 16.7. The molecule has 2 rings (SSSR count). The molecule has 4 N–H and O–H groups in total. The van der Waals surface area contributed by atoms with Gasteiger partial charge in [-0.25, -0.2) is 18.5 Å². The second-order valence-electron chi connectivity index (χ2n) is 3.54. The number of benzene rings is 1. The number of ether oxygens (including phenoxy) is 1. The monoisotopic (exact) mass is 333 g/mol. The fourth-order valence-corrected chi connectivity index (χ4v) is 2.84. The van der Waals surface area contributed by atoms with Crippen molar-refractivity contribution in [3.8, 4) is 11.6 Å². The molecule has 6 nitrogen and oxygen atoms in total. The molecule has 0 atom stereocenters. The first-order valence-electron chi connectivity index (χ1n) is 5.13. The summed E-state index contributed by atoms with van der Waals surface area (Å²) in [6.45, 7) is 0. The van der Waals surface area contributed by atoms with E-state index in [1.165, 1.54) is 12.1 Å². The van der Waals surface area contributed by atoms with Crippen LogP contribution in [0.4, 0.5) is 0 Å². The van der Waals surface area contributed by atoms with Crippen molar-refractivity contribution in [1.29, 1.82) is 0 Å². The van der Waals surface area contributed by atoms with Crippen molar-refractivity contribution in [3.05, 3.63) is 42.6 Å². The number of aromatic nitrogens is 1. The summed E-state index contributed by atoms with van der Waals surface area (Å²) in [4.78, 5) is 4.26. The number of rotatable bonds is 4. The van der Waals surface area contributed by atoms with E-state index in [0.29, 0.717) is 16.5 Å². The molecule has 108 valence electrons. The van der Waals surface area contributed by atoms with E-state index >= 15 is 0 Å². The molecule has 0 radical (unpaired) electrons. The van der Waals surface area contributed by atoms with Crippen LogP contribution in [0.3, 0.4) is 0 Å². The lowest BCUT2D eigenvalue weighted by Crippen LogP contribution is -2.13. The van der Waals surface area contributed by atoms with Crippen LogP contribution in [-0.2, 0) is 10.0 Å². The minimum Gasteiger partial charge on any atom is -0.439 e. The quantitative estimate of drug-likeness (QED) is 0.827. The molecule has 0 saturated heterocycles. The smallest absolute Gasteiger partial charge is 0.239 e. The van der Waals surface area contributed by atoms with Crippen molar-refractivity contribution in [2.24, 2.45) is 10.3 Å². The van der Waals surface area contributed by atoms with Crippen LogP contribution in [0, 0.1) is 0 Å². The van der Waals surface area contributed by atoms with Crippen LogP contribution in [0.25, 0.3) is 0 Å². The Kier molecular flexibility index (Phi) is 5.78. The van der Waals surface area contributed by atoms with E-state index in [-0.39, 0.29) is 17.3 Å². The molecule has 9 heteroatoms. The van der Waals surface area contributed by atoms with Crippen molar-refractivity contribution in [3.63, 3.8) is 0 Å². The van der Waals surface area contributed by atoms with Crippen molar-refractivity contribution < 1.29 is 13.2 Å². The standard InChI is InChI=1S/C11H11N3O3S2.ClH/c12-18-9-5-4-8(7-10(9)19(13,15)16)17-11-3-1-2-6-14-11;/h1-7H,12H2,(H2,13,15,16);1H. The number of nitrogens with zero attached hydrogens (tertiary/aromatic N) is 1. The third-order valence-corrected chi connectivity index (χ3v) is 3.90. The third kappa shape index (κ3) is 4.09. The average molecular weight is 334 g/mol. The highest BCUT2D eigenvalue weighted by atomic mass is 35.5. The van der Waals surface area contributed by atoms with Crippen molar-refractivity contribution >= 4 is 34.4 Å². The molecule has 1 aromatic carbocycles. The molecule has 0 bridgehead atoms. The summed E-state index contributed by atoms with van der Waals surface area (Å²) in [6.07, 6.45) is 1.57. The van der Waals surface area contributed by atoms with Crippen LogP contribution in [0.2, 0.25) is 0 Å². The normalized spacial score (nSPS) is 10.7. The largest absolute Gasteiger partial charge is 0.439 e. The van der Waals surface area contributed by atoms with Gasteiger partial charge >= 0.3 is 0 Å². The predicted molar refractivity (Wildman–Crippen MR) is 79.4 cm³/mol. The van der Waals surface area contributed by atoms with E-state index in [0.717, 1.165) is 11.9 Å². The molecule has 0 fully saturated rings. The van der Waals surface area contributed by atoms with Crippen LogP contribution in [0.15, 0.2) is 52.4 Å². The Morgan fingerprint density at radius 2 is 1.95 bits per heavy atom. The van der Waals surface area contributed by atoms with E-state index in [1.807, 2.05) is 0 Å². The summed E-state index contributed by atoms with van der Waals surface area (Å²) >= 11 is 0.807. The van der Waals surface area contributed by atoms with Gasteiger partial charge in [-0.05, 0) is 30.1 Å². The zero-order valence-electron chi connectivity index (χ0n) is 10.1. The van der Waals surface area contributed by atoms with Gasteiger partial charge in [-0.1, -0.05) is 6.07 Å². The van der Waals surface area contributed by atoms with E-state index in [2.05, 4.69) is 4.98 Å². The maximum atomic E-state index is 11.5. The Morgan fingerprint density at radius 3 is 2.50 bits per heavy atom. The maximum absolute atomic E-state index is 11.5. The minimum atomic E-state index is -3.86. The molecule has 0 saturated carbocycles. The Labute approximate surface area is 127 Å². The number of primary sulfonamides is 1. The third-order valence-electron chi connectivity index (χ3n) is 2.21. The van der Waals surface area contributed by atoms with E-state index in [4.69, 9.17) is 15.0 Å². The van der Waals surface area contributed by atoms with E-state index in [1.54, 1.807) is 30.5 Å². The fraction of sp³-hybridized carbons (Fsp3) is 0. The van der Waals surface area contributed by atoms with Crippen LogP contribution < -0.4 is 15.0 Å². The Hall–Kier alpha value is -1.32. The zero-order valence-corrected chi connectivity index (χ0v) is 12.5. The van der Waals surface area contributed by atoms with Gasteiger partial charge in [-0.15, -0.1) is 12.4 Å². The van der Waals surface area contributed by atoms with Crippen LogP contribution in [0.1, 0.15) is 0 Å². The Morgan fingerprint density at radius 1 is 1.20 bits per heavy atom. The molecular formula is C11H12ClN3O3S2. The second kappa shape index (κ2) is 6.91. The summed E-state index contributed by atoms with van der Waals surface area (Å²) in [5.41, 5.74) is 0. The topological polar surface area (TPSA) is 108 Å². The van der Waals surface area contributed by atoms with Crippen LogP contribution in [0.5, 0.6) is 11.6 Å². The van der Waals surface area contributed by atoms with Gasteiger partial charge < -0.3 is 4.74 Å². The van der Waals surface area contributed by atoms with E-state index < -0.39 is 10.0 Å². The van der Waals surface area contributed by atoms with Crippen LogP contribution in [-0.4, -0.2) is 13.4 Å². The maximum Gasteiger partial charge on any atom is 0.239 e. The molecule has 0 amide bonds. The lowest BCUT2D eigenvalue weighted by Gasteiger charge is -2.08. The molecule has 1 heterocycles. The zero-order chi connectivity index (χ0) is 13.9. The molecule has 20 heavy (non-hydrogen) atoms. The summed E-state index contributed by atoms with van der Waals surface area (Å²) in [6, 6.07) is 9.60. The lowest BCUT2D eigenvalue weighted by molar-refractivity contribution is 0.460. The molecule has 2 aromatic rings. The summed E-state index contributed by atoms with van der Waals surface area (Å²) < 4.78 is 28.3. The van der Waals surface area contributed by atoms with Crippen molar-refractivity contribution in [2.45, 2.75) is 9.79 Å². The molecule has 1 aromatic heterocycles. The summed E-state index contributed by atoms with van der Waals surface area (Å²) in [7, 11) is -3.86. The lowest BCUT2D eigenvalue weighted by atomic mass is 10.3. The molecule has 0 unspecified atom stereocenters. The number of nitrogens with two attached hydrogens (primary N) is 2. The van der Waals surface area contributed by atoms with Gasteiger partial charge in [-0.2, -0.15) is 0 Å². The molecule has 0 aliphatic heterocycles. The number of hydrogen-bond donors (Lipinski definition) is 2. The number of halogens is 1. The van der Waals surface area contributed by atoms with Gasteiger partial charge in [0.2, 0.25) is 15.9 Å². The summed E-state index contributed by atoms with van der Waals surface area (Å²) in [5, 5.41) is 10.5. The van der Waals surface area contributed by atoms with Crippen molar-refractivity contribution in [1.82, 2.24) is 4.98 Å². The Balaban J connectivity index is 0.00000200. The predicted octanol–water partition coefficient (Wildman–Crippen LogP) is 1.91. The van der Waals surface area contributed by atoms with Crippen molar-refractivity contribution in [2.75, 3.05) is 0 Å². The van der Waals surface area contributed by atoms with Crippen LogP contribution >= 0.6 is 24.4 Å². The van der Waals surface area contributed by atoms with Gasteiger partial charge in [0.05, 0.1) is 0 Å².